The van der Waals surface area contributed by atoms with Crippen LogP contribution in [-0.4, -0.2) is 24.2 Å². The molecule has 0 saturated carbocycles. The van der Waals surface area contributed by atoms with Crippen LogP contribution >= 0.6 is 0 Å². The topological polar surface area (TPSA) is 71.7 Å². The molecule has 0 spiro atoms. The molecule has 0 aliphatic heterocycles. The number of hydrogen-bond donors (Lipinski definition) is 2. The zero-order chi connectivity index (χ0) is 16.8. The van der Waals surface area contributed by atoms with E-state index in [9.17, 15) is 4.79 Å². The van der Waals surface area contributed by atoms with Crippen LogP contribution in [0.25, 0.3) is 17.0 Å². The maximum absolute atomic E-state index is 12.0. The van der Waals surface area contributed by atoms with Crippen molar-refractivity contribution in [1.29, 1.82) is 0 Å². The molecule has 1 heterocycles. The molecule has 0 saturated heterocycles. The van der Waals surface area contributed by atoms with Crippen LogP contribution in [0.1, 0.15) is 5.76 Å². The number of carbonyl (C=O) groups is 1. The number of carbonyl (C=O) groups excluding carboxylic acids is 1. The van der Waals surface area contributed by atoms with Crippen LogP contribution in [0.5, 0.6) is 5.75 Å². The number of benzene rings is 2. The lowest BCUT2D eigenvalue weighted by atomic mass is 10.2. The van der Waals surface area contributed by atoms with Gasteiger partial charge in [-0.05, 0) is 42.5 Å². The van der Waals surface area contributed by atoms with Gasteiger partial charge in [0.1, 0.15) is 23.7 Å². The first-order valence-electron chi connectivity index (χ1n) is 7.56. The quantitative estimate of drug-likeness (QED) is 0.682. The third kappa shape index (κ3) is 4.02. The molecular formula is C19H17NO4. The number of fused-ring (bicyclic) bond motifs is 1. The zero-order valence-corrected chi connectivity index (χ0v) is 12.9. The Morgan fingerprint density at radius 1 is 1.17 bits per heavy atom. The van der Waals surface area contributed by atoms with Gasteiger partial charge in [0, 0.05) is 17.1 Å². The highest BCUT2D eigenvalue weighted by molar-refractivity contribution is 6.02. The Balaban J connectivity index is 1.60. The average Bonchev–Trinajstić information content (AvgIpc) is 3.02. The van der Waals surface area contributed by atoms with Gasteiger partial charge in [0.05, 0.1) is 6.61 Å². The Kier molecular flexibility index (Phi) is 4.93. The third-order valence-electron chi connectivity index (χ3n) is 3.33. The Labute approximate surface area is 139 Å². The minimum atomic E-state index is -0.250. The van der Waals surface area contributed by atoms with E-state index in [1.165, 1.54) is 6.08 Å². The number of furan rings is 1. The minimum absolute atomic E-state index is 0.0366. The van der Waals surface area contributed by atoms with Crippen molar-refractivity contribution in [3.8, 4) is 5.75 Å². The number of anilines is 1. The normalized spacial score (nSPS) is 11.0. The second kappa shape index (κ2) is 7.48. The Bertz CT molecular complexity index is 816. The molecule has 3 rings (SSSR count). The van der Waals surface area contributed by atoms with Gasteiger partial charge in [0.2, 0.25) is 5.91 Å². The second-order valence-electron chi connectivity index (χ2n) is 5.11. The predicted octanol–water partition coefficient (Wildman–Crippen LogP) is 3.46. The summed E-state index contributed by atoms with van der Waals surface area (Å²) < 4.78 is 10.9. The highest BCUT2D eigenvalue weighted by atomic mass is 16.5. The van der Waals surface area contributed by atoms with Crippen LogP contribution in [0.4, 0.5) is 5.69 Å². The van der Waals surface area contributed by atoms with E-state index >= 15 is 0 Å². The highest BCUT2D eigenvalue weighted by Gasteiger charge is 2.02. The summed E-state index contributed by atoms with van der Waals surface area (Å²) in [4.78, 5) is 12.0. The van der Waals surface area contributed by atoms with Gasteiger partial charge in [-0.3, -0.25) is 4.79 Å². The number of amides is 1. The molecule has 0 radical (unpaired) electrons. The number of rotatable bonds is 6. The van der Waals surface area contributed by atoms with E-state index in [2.05, 4.69) is 5.32 Å². The molecule has 0 aliphatic rings. The molecule has 5 nitrogen and oxygen atoms in total. The molecular weight excluding hydrogens is 306 g/mol. The average molecular weight is 323 g/mol. The molecule has 2 N–H and O–H groups in total. The van der Waals surface area contributed by atoms with E-state index < -0.39 is 0 Å². The summed E-state index contributed by atoms with van der Waals surface area (Å²) in [6.07, 6.45) is 3.06. The molecule has 0 fully saturated rings. The second-order valence-corrected chi connectivity index (χ2v) is 5.11. The molecule has 5 heteroatoms. The lowest BCUT2D eigenvalue weighted by Gasteiger charge is -2.06. The van der Waals surface area contributed by atoms with Gasteiger partial charge < -0.3 is 19.6 Å². The summed E-state index contributed by atoms with van der Waals surface area (Å²) in [5, 5.41) is 12.5. The number of nitrogens with one attached hydrogen (secondary N) is 1. The fourth-order valence-corrected chi connectivity index (χ4v) is 2.22. The molecule has 1 amide bonds. The molecule has 122 valence electrons. The summed E-state index contributed by atoms with van der Waals surface area (Å²) in [5.41, 5.74) is 1.45. The predicted molar refractivity (Wildman–Crippen MR) is 92.9 cm³/mol. The van der Waals surface area contributed by atoms with Gasteiger partial charge in [-0.25, -0.2) is 0 Å². The van der Waals surface area contributed by atoms with Crippen LogP contribution in [0.3, 0.4) is 0 Å². The maximum atomic E-state index is 12.0. The first-order valence-corrected chi connectivity index (χ1v) is 7.56. The van der Waals surface area contributed by atoms with Crippen LogP contribution < -0.4 is 10.1 Å². The first-order chi connectivity index (χ1) is 11.7. The summed E-state index contributed by atoms with van der Waals surface area (Å²) in [6.45, 7) is 0.205. The van der Waals surface area contributed by atoms with Crippen molar-refractivity contribution in [3.63, 3.8) is 0 Å². The summed E-state index contributed by atoms with van der Waals surface area (Å²) in [7, 11) is 0. The number of hydrogen-bond acceptors (Lipinski definition) is 4. The van der Waals surface area contributed by atoms with Gasteiger partial charge in [0.15, 0.2) is 0 Å². The lowest BCUT2D eigenvalue weighted by molar-refractivity contribution is -0.111. The molecule has 0 aliphatic carbocycles. The number of aliphatic hydroxyl groups is 1. The van der Waals surface area contributed by atoms with E-state index in [0.29, 0.717) is 17.2 Å². The minimum Gasteiger partial charge on any atom is -0.491 e. The van der Waals surface area contributed by atoms with Crippen LogP contribution in [0.15, 0.2) is 65.1 Å². The number of aliphatic hydroxyl groups excluding tert-OH is 1. The number of para-hydroxylation sites is 1. The van der Waals surface area contributed by atoms with Crippen molar-refractivity contribution < 1.29 is 19.1 Å². The summed E-state index contributed by atoms with van der Waals surface area (Å²) in [5.74, 6) is 1.01. The van der Waals surface area contributed by atoms with Gasteiger partial charge in [-0.2, -0.15) is 0 Å². The monoisotopic (exact) mass is 323 g/mol. The third-order valence-corrected chi connectivity index (χ3v) is 3.33. The van der Waals surface area contributed by atoms with Crippen molar-refractivity contribution in [1.82, 2.24) is 0 Å². The van der Waals surface area contributed by atoms with Gasteiger partial charge in [-0.1, -0.05) is 18.2 Å². The van der Waals surface area contributed by atoms with E-state index in [0.717, 1.165) is 11.0 Å². The molecule has 2 aromatic carbocycles. The Morgan fingerprint density at radius 3 is 2.71 bits per heavy atom. The van der Waals surface area contributed by atoms with Gasteiger partial charge >= 0.3 is 0 Å². The summed E-state index contributed by atoms with van der Waals surface area (Å²) >= 11 is 0. The van der Waals surface area contributed by atoms with E-state index in [1.54, 1.807) is 30.3 Å². The maximum Gasteiger partial charge on any atom is 0.248 e. The standard InChI is InChI=1S/C19H17NO4/c21-11-12-23-16-7-5-15(6-8-16)20-19(22)10-9-17-13-14-3-1-2-4-18(14)24-17/h1-10,13,21H,11-12H2,(H,20,22)/b10-9+. The highest BCUT2D eigenvalue weighted by Crippen LogP contribution is 2.20. The molecule has 0 bridgehead atoms. The Hall–Kier alpha value is -3.05. The van der Waals surface area contributed by atoms with E-state index in [1.807, 2.05) is 30.3 Å². The first kappa shape index (κ1) is 15.8. The molecule has 1 aromatic heterocycles. The molecule has 0 atom stereocenters. The van der Waals surface area contributed by atoms with Crippen molar-refractivity contribution >= 4 is 28.6 Å². The molecule has 24 heavy (non-hydrogen) atoms. The smallest absolute Gasteiger partial charge is 0.248 e. The molecule has 0 unspecified atom stereocenters. The van der Waals surface area contributed by atoms with Crippen LogP contribution in [0, 0.1) is 0 Å². The SMILES string of the molecule is O=C(/C=C/c1cc2ccccc2o1)Nc1ccc(OCCO)cc1. The van der Waals surface area contributed by atoms with Crippen LogP contribution in [-0.2, 0) is 4.79 Å². The molecule has 3 aromatic rings. The lowest BCUT2D eigenvalue weighted by Crippen LogP contribution is -2.07. The fourth-order valence-electron chi connectivity index (χ4n) is 2.22. The zero-order valence-electron chi connectivity index (χ0n) is 12.9. The van der Waals surface area contributed by atoms with Crippen molar-refractivity contribution in [3.05, 3.63) is 66.4 Å². The van der Waals surface area contributed by atoms with Crippen molar-refractivity contribution in [2.75, 3.05) is 18.5 Å². The number of ether oxygens (including phenoxy) is 1. The van der Waals surface area contributed by atoms with Crippen molar-refractivity contribution in [2.24, 2.45) is 0 Å². The van der Waals surface area contributed by atoms with Gasteiger partial charge in [0.25, 0.3) is 0 Å². The van der Waals surface area contributed by atoms with Crippen LogP contribution in [0.2, 0.25) is 0 Å². The largest absolute Gasteiger partial charge is 0.491 e. The van der Waals surface area contributed by atoms with Crippen molar-refractivity contribution in [2.45, 2.75) is 0 Å². The fraction of sp³-hybridized carbons (Fsp3) is 0.105. The van der Waals surface area contributed by atoms with E-state index in [4.69, 9.17) is 14.3 Å². The van der Waals surface area contributed by atoms with Gasteiger partial charge in [-0.15, -0.1) is 0 Å². The van der Waals surface area contributed by atoms with E-state index in [-0.39, 0.29) is 19.1 Å². The summed E-state index contributed by atoms with van der Waals surface area (Å²) in [6, 6.07) is 16.5. The Morgan fingerprint density at radius 2 is 1.96 bits per heavy atom.